The van der Waals surface area contributed by atoms with E-state index in [4.69, 9.17) is 10.5 Å². The molecule has 2 aromatic rings. The Morgan fingerprint density at radius 1 is 1.00 bits per heavy atom. The molecule has 0 bridgehead atoms. The van der Waals surface area contributed by atoms with E-state index in [1.54, 1.807) is 0 Å². The van der Waals surface area contributed by atoms with Gasteiger partial charge in [-0.1, -0.05) is 68.7 Å². The van der Waals surface area contributed by atoms with E-state index in [2.05, 4.69) is 37.3 Å². The lowest BCUT2D eigenvalue weighted by atomic mass is 9.76. The predicted octanol–water partition coefficient (Wildman–Crippen LogP) is 5.48. The summed E-state index contributed by atoms with van der Waals surface area (Å²) in [6, 6.07) is 18.8. The number of nitrogens with two attached hydrogens (primary N) is 1. The third-order valence-electron chi connectivity index (χ3n) is 5.47. The van der Waals surface area contributed by atoms with E-state index in [1.807, 2.05) is 24.3 Å². The second-order valence-electron chi connectivity index (χ2n) is 7.06. The van der Waals surface area contributed by atoms with Crippen molar-refractivity contribution < 1.29 is 4.74 Å². The van der Waals surface area contributed by atoms with Crippen LogP contribution in [0, 0.1) is 11.8 Å². The fourth-order valence-corrected chi connectivity index (χ4v) is 3.78. The first-order valence-electron chi connectivity index (χ1n) is 9.28. The Hall–Kier alpha value is -1.80. The molecule has 3 rings (SSSR count). The van der Waals surface area contributed by atoms with Gasteiger partial charge >= 0.3 is 0 Å². The Morgan fingerprint density at radius 2 is 1.75 bits per heavy atom. The van der Waals surface area contributed by atoms with Crippen LogP contribution in [0.2, 0.25) is 0 Å². The van der Waals surface area contributed by atoms with Crippen LogP contribution in [0.3, 0.4) is 0 Å². The van der Waals surface area contributed by atoms with E-state index in [0.29, 0.717) is 12.5 Å². The summed E-state index contributed by atoms with van der Waals surface area (Å²) in [5.74, 6) is 2.43. The van der Waals surface area contributed by atoms with Gasteiger partial charge in [-0.2, -0.15) is 0 Å². The normalized spacial score (nSPS) is 22.1. The summed E-state index contributed by atoms with van der Waals surface area (Å²) >= 11 is 0. The maximum absolute atomic E-state index is 6.58. The maximum atomic E-state index is 6.58. The molecule has 2 heteroatoms. The average Bonchev–Trinajstić information content (AvgIpc) is 2.67. The molecule has 128 valence electrons. The van der Waals surface area contributed by atoms with Crippen LogP contribution in [0.4, 0.5) is 0 Å². The standard InChI is InChI=1S/C22H29NO/c1-2-17-11-13-19(14-12-17)22(23)20-9-6-10-21(15-20)24-16-18-7-4-3-5-8-18/h3-10,15,17,19,22H,2,11-14,16,23H2,1H3. The van der Waals surface area contributed by atoms with Gasteiger partial charge in [0, 0.05) is 6.04 Å². The van der Waals surface area contributed by atoms with Crippen molar-refractivity contribution in [3.05, 3.63) is 65.7 Å². The van der Waals surface area contributed by atoms with Gasteiger partial charge in [-0.3, -0.25) is 0 Å². The zero-order chi connectivity index (χ0) is 16.8. The number of hydrogen-bond acceptors (Lipinski definition) is 2. The summed E-state index contributed by atoms with van der Waals surface area (Å²) in [5.41, 5.74) is 8.97. The first-order valence-corrected chi connectivity index (χ1v) is 9.28. The molecule has 0 spiro atoms. The molecule has 2 aromatic carbocycles. The molecule has 0 amide bonds. The first-order chi connectivity index (χ1) is 11.8. The fraction of sp³-hybridized carbons (Fsp3) is 0.455. The smallest absolute Gasteiger partial charge is 0.120 e. The van der Waals surface area contributed by atoms with Crippen molar-refractivity contribution in [3.63, 3.8) is 0 Å². The van der Waals surface area contributed by atoms with Crippen molar-refractivity contribution in [1.29, 1.82) is 0 Å². The van der Waals surface area contributed by atoms with Gasteiger partial charge in [0.2, 0.25) is 0 Å². The molecule has 1 aliphatic rings. The molecule has 1 unspecified atom stereocenters. The van der Waals surface area contributed by atoms with Crippen molar-refractivity contribution in [2.45, 2.75) is 51.7 Å². The number of benzene rings is 2. The van der Waals surface area contributed by atoms with E-state index in [-0.39, 0.29) is 6.04 Å². The van der Waals surface area contributed by atoms with Gasteiger partial charge in [0.15, 0.2) is 0 Å². The Morgan fingerprint density at radius 3 is 2.46 bits per heavy atom. The van der Waals surface area contributed by atoms with E-state index in [1.165, 1.54) is 43.2 Å². The second-order valence-corrected chi connectivity index (χ2v) is 7.06. The van der Waals surface area contributed by atoms with Crippen LogP contribution in [-0.2, 0) is 6.61 Å². The molecule has 1 atom stereocenters. The monoisotopic (exact) mass is 323 g/mol. The van der Waals surface area contributed by atoms with Gasteiger partial charge in [0.1, 0.15) is 12.4 Å². The molecule has 2 N–H and O–H groups in total. The number of hydrogen-bond donors (Lipinski definition) is 1. The highest BCUT2D eigenvalue weighted by molar-refractivity contribution is 5.31. The average molecular weight is 323 g/mol. The van der Waals surface area contributed by atoms with E-state index in [0.717, 1.165) is 11.7 Å². The van der Waals surface area contributed by atoms with Crippen molar-refractivity contribution in [1.82, 2.24) is 0 Å². The van der Waals surface area contributed by atoms with Crippen molar-refractivity contribution in [2.24, 2.45) is 17.6 Å². The van der Waals surface area contributed by atoms with E-state index in [9.17, 15) is 0 Å². The summed E-state index contributed by atoms with van der Waals surface area (Å²) in [6.07, 6.45) is 6.49. The molecule has 0 heterocycles. The van der Waals surface area contributed by atoms with Crippen LogP contribution < -0.4 is 10.5 Å². The van der Waals surface area contributed by atoms with Crippen LogP contribution >= 0.6 is 0 Å². The van der Waals surface area contributed by atoms with Gasteiger partial charge in [-0.15, -0.1) is 0 Å². The molecule has 0 saturated heterocycles. The molecule has 24 heavy (non-hydrogen) atoms. The molecule has 1 saturated carbocycles. The van der Waals surface area contributed by atoms with Gasteiger partial charge in [0.25, 0.3) is 0 Å². The summed E-state index contributed by atoms with van der Waals surface area (Å²) < 4.78 is 5.95. The Labute approximate surface area is 146 Å². The summed E-state index contributed by atoms with van der Waals surface area (Å²) in [4.78, 5) is 0. The Balaban J connectivity index is 1.60. The molecule has 0 aliphatic heterocycles. The van der Waals surface area contributed by atoms with Crippen LogP contribution in [0.5, 0.6) is 5.75 Å². The third-order valence-corrected chi connectivity index (χ3v) is 5.47. The molecular weight excluding hydrogens is 294 g/mol. The quantitative estimate of drug-likeness (QED) is 0.763. The van der Waals surface area contributed by atoms with Gasteiger partial charge in [0.05, 0.1) is 0 Å². The predicted molar refractivity (Wildman–Crippen MR) is 99.9 cm³/mol. The third kappa shape index (κ3) is 4.39. The van der Waals surface area contributed by atoms with Gasteiger partial charge in [-0.25, -0.2) is 0 Å². The number of rotatable bonds is 6. The van der Waals surface area contributed by atoms with Gasteiger partial charge in [-0.05, 0) is 47.9 Å². The molecule has 2 nitrogen and oxygen atoms in total. The minimum absolute atomic E-state index is 0.128. The number of ether oxygens (including phenoxy) is 1. The van der Waals surface area contributed by atoms with E-state index < -0.39 is 0 Å². The molecule has 0 radical (unpaired) electrons. The van der Waals surface area contributed by atoms with Crippen LogP contribution in [0.1, 0.15) is 56.2 Å². The highest BCUT2D eigenvalue weighted by Gasteiger charge is 2.25. The van der Waals surface area contributed by atoms with Crippen molar-refractivity contribution in [3.8, 4) is 5.75 Å². The summed E-state index contributed by atoms with van der Waals surface area (Å²) in [5, 5.41) is 0. The molecule has 1 fully saturated rings. The lowest BCUT2D eigenvalue weighted by Gasteiger charge is -2.32. The molecule has 0 aromatic heterocycles. The minimum Gasteiger partial charge on any atom is -0.489 e. The summed E-state index contributed by atoms with van der Waals surface area (Å²) in [7, 11) is 0. The SMILES string of the molecule is CCC1CCC(C(N)c2cccc(OCc3ccccc3)c2)CC1. The highest BCUT2D eigenvalue weighted by atomic mass is 16.5. The highest BCUT2D eigenvalue weighted by Crippen LogP contribution is 2.37. The Bertz CT molecular complexity index is 617. The summed E-state index contributed by atoms with van der Waals surface area (Å²) in [6.45, 7) is 2.90. The zero-order valence-electron chi connectivity index (χ0n) is 14.7. The lowest BCUT2D eigenvalue weighted by Crippen LogP contribution is -2.26. The van der Waals surface area contributed by atoms with Crippen molar-refractivity contribution in [2.75, 3.05) is 0 Å². The largest absolute Gasteiger partial charge is 0.489 e. The Kier molecular flexibility index (Phi) is 5.92. The minimum atomic E-state index is 0.128. The van der Waals surface area contributed by atoms with Crippen molar-refractivity contribution >= 4 is 0 Å². The topological polar surface area (TPSA) is 35.2 Å². The van der Waals surface area contributed by atoms with E-state index >= 15 is 0 Å². The second kappa shape index (κ2) is 8.34. The molecular formula is C22H29NO. The first kappa shape index (κ1) is 17.0. The lowest BCUT2D eigenvalue weighted by molar-refractivity contribution is 0.239. The van der Waals surface area contributed by atoms with Gasteiger partial charge < -0.3 is 10.5 Å². The maximum Gasteiger partial charge on any atom is 0.120 e. The fourth-order valence-electron chi connectivity index (χ4n) is 3.78. The van der Waals surface area contributed by atoms with Crippen LogP contribution in [0.25, 0.3) is 0 Å². The zero-order valence-corrected chi connectivity index (χ0v) is 14.7. The van der Waals surface area contributed by atoms with Crippen LogP contribution in [0.15, 0.2) is 54.6 Å². The van der Waals surface area contributed by atoms with Crippen LogP contribution in [-0.4, -0.2) is 0 Å². The molecule has 1 aliphatic carbocycles.